The fraction of sp³-hybridized carbons (Fsp3) is 0.444. The molecule has 1 aromatic heterocycles. The molecule has 194 valence electrons. The summed E-state index contributed by atoms with van der Waals surface area (Å²) in [5.74, 6) is 1.05. The van der Waals surface area contributed by atoms with Crippen LogP contribution in [-0.4, -0.2) is 54.8 Å². The summed E-state index contributed by atoms with van der Waals surface area (Å²) < 4.78 is 11.7. The number of hydrogen-bond acceptors (Lipinski definition) is 7. The molecule has 0 fully saturated rings. The van der Waals surface area contributed by atoms with Gasteiger partial charge in [-0.3, -0.25) is 19.6 Å². The number of aromatic nitrogens is 1. The van der Waals surface area contributed by atoms with Gasteiger partial charge in [-0.25, -0.2) is 4.98 Å². The molecule has 2 amide bonds. The Morgan fingerprint density at radius 2 is 1.94 bits per heavy atom. The lowest BCUT2D eigenvalue weighted by Crippen LogP contribution is -2.48. The number of nitrogens with one attached hydrogen (secondary N) is 1. The van der Waals surface area contributed by atoms with Crippen molar-refractivity contribution in [2.75, 3.05) is 13.6 Å². The van der Waals surface area contributed by atoms with Gasteiger partial charge in [0.25, 0.3) is 5.91 Å². The van der Waals surface area contributed by atoms with Crippen molar-refractivity contribution in [3.63, 3.8) is 0 Å². The van der Waals surface area contributed by atoms with Crippen molar-refractivity contribution in [3.8, 4) is 5.75 Å². The highest BCUT2D eigenvalue weighted by Gasteiger charge is 2.27. The van der Waals surface area contributed by atoms with E-state index in [9.17, 15) is 9.59 Å². The lowest BCUT2D eigenvalue weighted by molar-refractivity contribution is -0.132. The van der Waals surface area contributed by atoms with E-state index in [1.165, 1.54) is 11.1 Å². The fourth-order valence-corrected chi connectivity index (χ4v) is 3.40. The summed E-state index contributed by atoms with van der Waals surface area (Å²) >= 11 is 0. The Morgan fingerprint density at radius 3 is 2.53 bits per heavy atom. The zero-order valence-corrected chi connectivity index (χ0v) is 22.1. The maximum atomic E-state index is 13.2. The van der Waals surface area contributed by atoms with E-state index in [0.29, 0.717) is 29.3 Å². The SMILES string of the molecule is C=N/C=C(/CN(C)C(=O)C(CC(C)C)NC(=O)c1ccccc1OCc1ncc(C(C)(C)C)o1)N=C. The third kappa shape index (κ3) is 8.18. The van der Waals surface area contributed by atoms with Gasteiger partial charge in [-0.2, -0.15) is 0 Å². The first-order valence-corrected chi connectivity index (χ1v) is 11.8. The average Bonchev–Trinajstić information content (AvgIpc) is 3.31. The molecule has 36 heavy (non-hydrogen) atoms. The van der Waals surface area contributed by atoms with Crippen LogP contribution in [0, 0.1) is 5.92 Å². The van der Waals surface area contributed by atoms with E-state index in [1.54, 1.807) is 37.5 Å². The lowest BCUT2D eigenvalue weighted by Gasteiger charge is -2.26. The summed E-state index contributed by atoms with van der Waals surface area (Å²) in [6.45, 7) is 17.2. The number of hydrogen-bond donors (Lipinski definition) is 1. The van der Waals surface area contributed by atoms with Crippen LogP contribution in [0.2, 0.25) is 0 Å². The third-order valence-electron chi connectivity index (χ3n) is 5.30. The minimum atomic E-state index is -0.737. The van der Waals surface area contributed by atoms with Crippen molar-refractivity contribution < 1.29 is 18.7 Å². The molecule has 0 spiro atoms. The number of amides is 2. The maximum absolute atomic E-state index is 13.2. The predicted octanol–water partition coefficient (Wildman–Crippen LogP) is 4.40. The van der Waals surface area contributed by atoms with Gasteiger partial charge in [-0.1, -0.05) is 46.8 Å². The average molecular weight is 496 g/mol. The van der Waals surface area contributed by atoms with Gasteiger partial charge in [-0.15, -0.1) is 0 Å². The molecule has 0 aliphatic heterocycles. The van der Waals surface area contributed by atoms with Crippen LogP contribution >= 0.6 is 0 Å². The molecule has 2 aromatic rings. The molecule has 9 nitrogen and oxygen atoms in total. The molecule has 0 aliphatic rings. The number of likely N-dealkylation sites (N-methyl/N-ethyl adjacent to an activating group) is 1. The predicted molar refractivity (Wildman–Crippen MR) is 142 cm³/mol. The van der Waals surface area contributed by atoms with E-state index in [-0.39, 0.29) is 30.4 Å². The number of nitrogens with zero attached hydrogens (tertiary/aromatic N) is 4. The number of para-hydroxylation sites is 1. The van der Waals surface area contributed by atoms with Crippen molar-refractivity contribution in [1.29, 1.82) is 0 Å². The van der Waals surface area contributed by atoms with Gasteiger partial charge >= 0.3 is 0 Å². The highest BCUT2D eigenvalue weighted by molar-refractivity contribution is 5.99. The van der Waals surface area contributed by atoms with E-state index < -0.39 is 11.9 Å². The number of rotatable bonds is 12. The normalized spacial score (nSPS) is 12.7. The monoisotopic (exact) mass is 495 g/mol. The number of carbonyl (C=O) groups excluding carboxylic acids is 2. The molecule has 1 N–H and O–H groups in total. The molecule has 9 heteroatoms. The van der Waals surface area contributed by atoms with Gasteiger partial charge in [0.2, 0.25) is 11.8 Å². The maximum Gasteiger partial charge on any atom is 0.255 e. The van der Waals surface area contributed by atoms with E-state index >= 15 is 0 Å². The first-order chi connectivity index (χ1) is 17.0. The Balaban J connectivity index is 2.17. The molecule has 2 rings (SSSR count). The van der Waals surface area contributed by atoms with Crippen LogP contribution in [-0.2, 0) is 16.8 Å². The van der Waals surface area contributed by atoms with Crippen LogP contribution in [0.15, 0.2) is 56.8 Å². The van der Waals surface area contributed by atoms with E-state index in [0.717, 1.165) is 5.76 Å². The highest BCUT2D eigenvalue weighted by atomic mass is 16.5. The van der Waals surface area contributed by atoms with Crippen molar-refractivity contribution in [2.24, 2.45) is 15.9 Å². The van der Waals surface area contributed by atoms with E-state index in [4.69, 9.17) is 9.15 Å². The number of carbonyl (C=O) groups is 2. The summed E-state index contributed by atoms with van der Waals surface area (Å²) in [6.07, 6.45) is 3.59. The molecular weight excluding hydrogens is 458 g/mol. The van der Waals surface area contributed by atoms with Crippen molar-refractivity contribution in [2.45, 2.75) is 59.1 Å². The Labute approximate surface area is 213 Å². The molecule has 0 saturated heterocycles. The Hall–Kier alpha value is -3.75. The smallest absolute Gasteiger partial charge is 0.255 e. The number of benzene rings is 1. The number of oxazole rings is 1. The zero-order valence-electron chi connectivity index (χ0n) is 22.1. The van der Waals surface area contributed by atoms with Gasteiger partial charge in [0, 0.05) is 18.7 Å². The van der Waals surface area contributed by atoms with Gasteiger partial charge in [0.15, 0.2) is 6.61 Å². The van der Waals surface area contributed by atoms with Crippen LogP contribution in [0.25, 0.3) is 0 Å². The molecular formula is C27H37N5O4. The second-order valence-electron chi connectivity index (χ2n) is 9.96. The highest BCUT2D eigenvalue weighted by Crippen LogP contribution is 2.24. The molecule has 1 aromatic carbocycles. The van der Waals surface area contributed by atoms with Crippen LogP contribution < -0.4 is 10.1 Å². The minimum absolute atomic E-state index is 0.0679. The van der Waals surface area contributed by atoms with Crippen molar-refractivity contribution in [1.82, 2.24) is 15.2 Å². The van der Waals surface area contributed by atoms with Crippen molar-refractivity contribution in [3.05, 3.63) is 59.6 Å². The summed E-state index contributed by atoms with van der Waals surface area (Å²) in [5.41, 5.74) is 0.637. The largest absolute Gasteiger partial charge is 0.483 e. The Morgan fingerprint density at radius 1 is 1.25 bits per heavy atom. The Kier molecular flexibility index (Phi) is 10.1. The van der Waals surface area contributed by atoms with Crippen molar-refractivity contribution >= 4 is 25.2 Å². The minimum Gasteiger partial charge on any atom is -0.483 e. The second kappa shape index (κ2) is 12.8. The van der Waals surface area contributed by atoms with Crippen LogP contribution in [0.4, 0.5) is 0 Å². The van der Waals surface area contributed by atoms with Crippen LogP contribution in [0.5, 0.6) is 5.75 Å². The molecule has 0 bridgehead atoms. The summed E-state index contributed by atoms with van der Waals surface area (Å²) in [7, 11) is 1.64. The molecule has 1 heterocycles. The summed E-state index contributed by atoms with van der Waals surface area (Å²) in [5, 5.41) is 2.88. The van der Waals surface area contributed by atoms with Crippen LogP contribution in [0.1, 0.15) is 63.0 Å². The molecule has 0 aliphatic carbocycles. The van der Waals surface area contributed by atoms with Crippen LogP contribution in [0.3, 0.4) is 0 Å². The van der Waals surface area contributed by atoms with Gasteiger partial charge in [-0.05, 0) is 37.9 Å². The molecule has 1 atom stereocenters. The number of ether oxygens (including phenoxy) is 1. The topological polar surface area (TPSA) is 109 Å². The standard InChI is InChI=1S/C27H37N5O4/c1-18(2)13-21(26(34)32(8)16-19(29-7)14-28-6)31-25(33)20-11-9-10-12-22(20)35-17-24-30-15-23(36-24)27(3,4)5/h9-12,14-15,18,21H,6-7,13,16-17H2,1-5,8H3,(H,31,33)/b19-14-. The first kappa shape index (κ1) is 28.5. The molecule has 0 radical (unpaired) electrons. The van der Waals surface area contributed by atoms with Gasteiger partial charge < -0.3 is 19.4 Å². The quantitative estimate of drug-likeness (QED) is 0.439. The molecule has 0 saturated carbocycles. The summed E-state index contributed by atoms with van der Waals surface area (Å²) in [4.78, 5) is 39.8. The zero-order chi connectivity index (χ0) is 26.9. The number of aliphatic imine (C=N–C) groups is 2. The van der Waals surface area contributed by atoms with E-state index in [1.807, 2.05) is 34.6 Å². The molecule has 1 unspecified atom stereocenters. The lowest BCUT2D eigenvalue weighted by atomic mass is 9.94. The van der Waals surface area contributed by atoms with E-state index in [2.05, 4.69) is 33.7 Å². The Bertz CT molecular complexity index is 1100. The summed E-state index contributed by atoms with van der Waals surface area (Å²) in [6, 6.07) is 6.13. The fourth-order valence-electron chi connectivity index (χ4n) is 3.40. The third-order valence-corrected chi connectivity index (χ3v) is 5.30. The first-order valence-electron chi connectivity index (χ1n) is 11.8. The second-order valence-corrected chi connectivity index (χ2v) is 9.96. The van der Waals surface area contributed by atoms with Gasteiger partial charge in [0.1, 0.15) is 17.6 Å². The van der Waals surface area contributed by atoms with Gasteiger partial charge in [0.05, 0.1) is 24.0 Å².